The van der Waals surface area contributed by atoms with Crippen molar-refractivity contribution in [2.45, 2.75) is 46.1 Å². The first-order chi connectivity index (χ1) is 15.9. The van der Waals surface area contributed by atoms with Crippen LogP contribution in [0, 0.1) is 0 Å². The van der Waals surface area contributed by atoms with Crippen LogP contribution in [0.15, 0.2) is 58.9 Å². The molecule has 0 spiro atoms. The van der Waals surface area contributed by atoms with Gasteiger partial charge in [0, 0.05) is 43.7 Å². The van der Waals surface area contributed by atoms with E-state index in [4.69, 9.17) is 11.5 Å². The molecular formula is C25H36N6O2. The zero-order chi connectivity index (χ0) is 24.2. The Bertz CT molecular complexity index is 952. The number of unbranched alkanes of at least 4 members (excludes halogenated alkanes) is 2. The summed E-state index contributed by atoms with van der Waals surface area (Å²) in [7, 11) is 1.71. The van der Waals surface area contributed by atoms with Crippen molar-refractivity contribution in [3.63, 3.8) is 0 Å². The van der Waals surface area contributed by atoms with Crippen LogP contribution >= 0.6 is 0 Å². The van der Waals surface area contributed by atoms with Gasteiger partial charge in [0.2, 0.25) is 0 Å². The summed E-state index contributed by atoms with van der Waals surface area (Å²) in [6.45, 7) is 5.62. The van der Waals surface area contributed by atoms with Gasteiger partial charge in [-0.1, -0.05) is 38.8 Å². The number of anilines is 2. The summed E-state index contributed by atoms with van der Waals surface area (Å²) in [5.41, 5.74) is 15.3. The highest BCUT2D eigenvalue weighted by Crippen LogP contribution is 2.19. The third kappa shape index (κ3) is 7.82. The highest BCUT2D eigenvalue weighted by atomic mass is 16.3. The van der Waals surface area contributed by atoms with E-state index in [0.717, 1.165) is 37.1 Å². The number of nitrogen functional groups attached to an aromatic ring is 1. The fourth-order valence-corrected chi connectivity index (χ4v) is 3.47. The summed E-state index contributed by atoms with van der Waals surface area (Å²) in [5.74, 6) is 0.473. The summed E-state index contributed by atoms with van der Waals surface area (Å²) in [6, 6.07) is 10.7. The van der Waals surface area contributed by atoms with Crippen molar-refractivity contribution in [1.29, 1.82) is 0 Å². The lowest BCUT2D eigenvalue weighted by atomic mass is 10.0. The van der Waals surface area contributed by atoms with Gasteiger partial charge in [-0.2, -0.15) is 0 Å². The number of nitrogens with two attached hydrogens (primary N) is 2. The lowest BCUT2D eigenvalue weighted by molar-refractivity contribution is -0.117. The Kier molecular flexibility index (Phi) is 10.2. The number of rotatable bonds is 12. The Hall–Kier alpha value is -3.55. The van der Waals surface area contributed by atoms with Crippen molar-refractivity contribution < 1.29 is 9.90 Å². The molecule has 2 rings (SSSR count). The molecule has 8 nitrogen and oxygen atoms in total. The van der Waals surface area contributed by atoms with E-state index in [-0.39, 0.29) is 17.4 Å². The second-order valence-electron chi connectivity index (χ2n) is 7.84. The minimum Gasteiger partial charge on any atom is -0.506 e. The summed E-state index contributed by atoms with van der Waals surface area (Å²) in [4.78, 5) is 23.8. The molecular weight excluding hydrogens is 416 g/mol. The molecule has 0 fully saturated rings. The van der Waals surface area contributed by atoms with Crippen molar-refractivity contribution in [2.24, 2.45) is 10.7 Å². The Balaban J connectivity index is 2.29. The monoisotopic (exact) mass is 452 g/mol. The molecule has 0 saturated heterocycles. The number of hydrogen-bond acceptors (Lipinski definition) is 7. The maximum absolute atomic E-state index is 12.9. The molecule has 0 aliphatic carbocycles. The van der Waals surface area contributed by atoms with Crippen molar-refractivity contribution in [1.82, 2.24) is 10.3 Å². The second kappa shape index (κ2) is 13.1. The van der Waals surface area contributed by atoms with Gasteiger partial charge < -0.3 is 26.8 Å². The van der Waals surface area contributed by atoms with E-state index in [0.29, 0.717) is 36.6 Å². The molecule has 0 radical (unpaired) electrons. The first kappa shape index (κ1) is 25.7. The van der Waals surface area contributed by atoms with Crippen LogP contribution in [-0.4, -0.2) is 41.8 Å². The maximum Gasteiger partial charge on any atom is 0.267 e. The largest absolute Gasteiger partial charge is 0.506 e. The van der Waals surface area contributed by atoms with Crippen LogP contribution in [0.5, 0.6) is 5.75 Å². The van der Waals surface area contributed by atoms with Gasteiger partial charge in [-0.15, -0.1) is 0 Å². The van der Waals surface area contributed by atoms with Gasteiger partial charge >= 0.3 is 0 Å². The molecule has 1 amide bonds. The van der Waals surface area contributed by atoms with Gasteiger partial charge in [0.15, 0.2) is 0 Å². The van der Waals surface area contributed by atoms with Gasteiger partial charge in [0.1, 0.15) is 17.3 Å². The average Bonchev–Trinajstić information content (AvgIpc) is 2.82. The molecule has 0 aliphatic heterocycles. The molecule has 178 valence electrons. The molecule has 0 aliphatic rings. The van der Waals surface area contributed by atoms with E-state index >= 15 is 0 Å². The Morgan fingerprint density at radius 3 is 2.45 bits per heavy atom. The molecule has 8 heteroatoms. The lowest BCUT2D eigenvalue weighted by Crippen LogP contribution is -2.36. The van der Waals surface area contributed by atoms with Gasteiger partial charge in [-0.3, -0.25) is 9.79 Å². The molecule has 2 aromatic rings. The number of nitrogens with one attached hydrogen (secondary N) is 1. The minimum atomic E-state index is -0.344. The molecule has 0 saturated carbocycles. The highest BCUT2D eigenvalue weighted by Gasteiger charge is 2.20. The normalized spacial score (nSPS) is 12.3. The zero-order valence-electron chi connectivity index (χ0n) is 19.8. The fourth-order valence-electron chi connectivity index (χ4n) is 3.47. The first-order valence-electron chi connectivity index (χ1n) is 11.4. The minimum absolute atomic E-state index is 0.106. The molecule has 1 heterocycles. The SMILES string of the molecule is CCCCCN(C/C(C(CC)=NC)=C(/N)C(=O)NCc1ccc(N)cc1)c1ccc(O)cn1. The number of hydrogen-bond donors (Lipinski definition) is 4. The Morgan fingerprint density at radius 2 is 1.88 bits per heavy atom. The van der Waals surface area contributed by atoms with Crippen LogP contribution in [0.2, 0.25) is 0 Å². The zero-order valence-corrected chi connectivity index (χ0v) is 19.8. The topological polar surface area (TPSA) is 130 Å². The predicted octanol–water partition coefficient (Wildman–Crippen LogP) is 3.38. The molecule has 1 aromatic heterocycles. The molecule has 1 aromatic carbocycles. The molecule has 0 atom stereocenters. The number of carbonyl (C=O) groups excluding carboxylic acids is 1. The van der Waals surface area contributed by atoms with E-state index in [2.05, 4.69) is 27.1 Å². The van der Waals surface area contributed by atoms with Crippen molar-refractivity contribution >= 4 is 23.1 Å². The summed E-state index contributed by atoms with van der Waals surface area (Å²) < 4.78 is 0. The number of pyridine rings is 1. The fraction of sp³-hybridized carbons (Fsp3) is 0.400. The third-order valence-electron chi connectivity index (χ3n) is 5.39. The van der Waals surface area contributed by atoms with E-state index < -0.39 is 0 Å². The van der Waals surface area contributed by atoms with E-state index in [1.165, 1.54) is 6.20 Å². The summed E-state index contributed by atoms with van der Waals surface area (Å²) in [6.07, 6.45) is 5.20. The summed E-state index contributed by atoms with van der Waals surface area (Å²) in [5, 5.41) is 12.5. The molecule has 33 heavy (non-hydrogen) atoms. The van der Waals surface area contributed by atoms with Crippen molar-refractivity contribution in [2.75, 3.05) is 30.8 Å². The van der Waals surface area contributed by atoms with Gasteiger partial charge in [-0.05, 0) is 42.7 Å². The number of carbonyl (C=O) groups is 1. The van der Waals surface area contributed by atoms with Crippen LogP contribution in [0.4, 0.5) is 11.5 Å². The maximum atomic E-state index is 12.9. The van der Waals surface area contributed by atoms with E-state index in [1.54, 1.807) is 31.3 Å². The number of nitrogens with zero attached hydrogens (tertiary/aromatic N) is 3. The van der Waals surface area contributed by atoms with Gasteiger partial charge in [0.05, 0.1) is 6.20 Å². The first-order valence-corrected chi connectivity index (χ1v) is 11.4. The lowest BCUT2D eigenvalue weighted by Gasteiger charge is -2.26. The number of benzene rings is 1. The smallest absolute Gasteiger partial charge is 0.267 e. The van der Waals surface area contributed by atoms with Crippen molar-refractivity contribution in [3.05, 3.63) is 59.4 Å². The number of aromatic nitrogens is 1. The number of aromatic hydroxyl groups is 1. The Labute approximate surface area is 196 Å². The van der Waals surface area contributed by atoms with Crippen LogP contribution in [0.1, 0.15) is 45.1 Å². The summed E-state index contributed by atoms with van der Waals surface area (Å²) >= 11 is 0. The Morgan fingerprint density at radius 1 is 1.15 bits per heavy atom. The highest BCUT2D eigenvalue weighted by molar-refractivity contribution is 6.08. The number of aliphatic imine (C=N–C) groups is 1. The van der Waals surface area contributed by atoms with Crippen molar-refractivity contribution in [3.8, 4) is 5.75 Å². The van der Waals surface area contributed by atoms with Crippen LogP contribution in [0.3, 0.4) is 0 Å². The van der Waals surface area contributed by atoms with Gasteiger partial charge in [-0.25, -0.2) is 4.98 Å². The van der Waals surface area contributed by atoms with E-state index in [1.807, 2.05) is 19.1 Å². The standard InChI is InChI=1S/C25H36N6O2/c1-4-6-7-14-31(23-13-12-20(32)16-29-23)17-21(22(5-2)28-3)24(27)25(33)30-15-18-8-10-19(26)11-9-18/h8-13,16,32H,4-7,14-15,17,26-27H2,1-3H3,(H,30,33)/b24-21-,28-22?. The van der Waals surface area contributed by atoms with Gasteiger partial charge in [0.25, 0.3) is 5.91 Å². The second-order valence-corrected chi connectivity index (χ2v) is 7.84. The molecule has 0 unspecified atom stereocenters. The van der Waals surface area contributed by atoms with Crippen LogP contribution < -0.4 is 21.7 Å². The van der Waals surface area contributed by atoms with Crippen LogP contribution in [-0.2, 0) is 11.3 Å². The molecule has 6 N–H and O–H groups in total. The van der Waals surface area contributed by atoms with Crippen LogP contribution in [0.25, 0.3) is 0 Å². The molecule has 0 bridgehead atoms. The van der Waals surface area contributed by atoms with E-state index in [9.17, 15) is 9.90 Å². The predicted molar refractivity (Wildman–Crippen MR) is 135 cm³/mol. The number of amides is 1. The average molecular weight is 453 g/mol. The third-order valence-corrected chi connectivity index (χ3v) is 5.39. The quantitative estimate of drug-likeness (QED) is 0.169.